The van der Waals surface area contributed by atoms with Gasteiger partial charge < -0.3 is 10.2 Å². The molecule has 2 heterocycles. The summed E-state index contributed by atoms with van der Waals surface area (Å²) in [6.07, 6.45) is 1.62. The van der Waals surface area contributed by atoms with Crippen LogP contribution in [0.3, 0.4) is 0 Å². The van der Waals surface area contributed by atoms with Gasteiger partial charge in [0.25, 0.3) is 5.56 Å². The summed E-state index contributed by atoms with van der Waals surface area (Å²) in [6, 6.07) is 9.84. The third kappa shape index (κ3) is 4.42. The van der Waals surface area contributed by atoms with Gasteiger partial charge in [-0.15, -0.1) is 0 Å². The topological polar surface area (TPSA) is 70.5 Å². The summed E-state index contributed by atoms with van der Waals surface area (Å²) in [5.41, 5.74) is 1.44. The standard InChI is InChI=1S/C18H22ClN5O2/c1-22-18(26)17(19)15(12-21-22)24-9-7-23(8-10-24)13-16(25)20-11-14-5-3-2-4-6-14/h2-6,12H,7-11,13H2,1H3,(H,20,25). The van der Waals surface area contributed by atoms with Crippen LogP contribution in [0.5, 0.6) is 0 Å². The summed E-state index contributed by atoms with van der Waals surface area (Å²) >= 11 is 6.16. The maximum atomic E-state index is 12.1. The Morgan fingerprint density at radius 2 is 1.88 bits per heavy atom. The summed E-state index contributed by atoms with van der Waals surface area (Å²) in [4.78, 5) is 28.2. The van der Waals surface area contributed by atoms with E-state index in [1.165, 1.54) is 4.68 Å². The molecule has 8 heteroatoms. The molecule has 0 spiro atoms. The molecule has 1 amide bonds. The number of piperazine rings is 1. The Bertz CT molecular complexity index is 816. The van der Waals surface area contributed by atoms with Crippen molar-refractivity contribution in [3.63, 3.8) is 0 Å². The first kappa shape index (κ1) is 18.4. The lowest BCUT2D eigenvalue weighted by atomic mass is 10.2. The van der Waals surface area contributed by atoms with Gasteiger partial charge in [-0.05, 0) is 5.56 Å². The van der Waals surface area contributed by atoms with Crippen molar-refractivity contribution in [1.82, 2.24) is 20.0 Å². The monoisotopic (exact) mass is 375 g/mol. The highest BCUT2D eigenvalue weighted by atomic mass is 35.5. The maximum Gasteiger partial charge on any atom is 0.287 e. The molecule has 0 bridgehead atoms. The van der Waals surface area contributed by atoms with Crippen LogP contribution in [0.1, 0.15) is 5.56 Å². The Morgan fingerprint density at radius 3 is 2.58 bits per heavy atom. The number of rotatable bonds is 5. The Morgan fingerprint density at radius 1 is 1.19 bits per heavy atom. The van der Waals surface area contributed by atoms with E-state index < -0.39 is 0 Å². The number of nitrogens with one attached hydrogen (secondary N) is 1. The predicted octanol–water partition coefficient (Wildman–Crippen LogP) is 0.872. The van der Waals surface area contributed by atoms with Crippen molar-refractivity contribution in [3.05, 3.63) is 57.5 Å². The molecule has 1 aromatic carbocycles. The zero-order valence-electron chi connectivity index (χ0n) is 14.7. The Hall–Kier alpha value is -2.38. The molecule has 0 aliphatic carbocycles. The van der Waals surface area contributed by atoms with Crippen LogP contribution in [0, 0.1) is 0 Å². The van der Waals surface area contributed by atoms with E-state index in [2.05, 4.69) is 15.3 Å². The van der Waals surface area contributed by atoms with E-state index in [-0.39, 0.29) is 16.5 Å². The third-order valence-electron chi connectivity index (χ3n) is 4.47. The lowest BCUT2D eigenvalue weighted by Gasteiger charge is -2.35. The minimum Gasteiger partial charge on any atom is -0.366 e. The fourth-order valence-electron chi connectivity index (χ4n) is 2.92. The highest BCUT2D eigenvalue weighted by molar-refractivity contribution is 6.33. The second-order valence-electron chi connectivity index (χ2n) is 6.30. The van der Waals surface area contributed by atoms with Gasteiger partial charge in [0.1, 0.15) is 5.02 Å². The van der Waals surface area contributed by atoms with Gasteiger partial charge in [0.2, 0.25) is 5.91 Å². The number of nitrogens with zero attached hydrogens (tertiary/aromatic N) is 4. The molecule has 7 nitrogen and oxygen atoms in total. The minimum atomic E-state index is -0.299. The highest BCUT2D eigenvalue weighted by Crippen LogP contribution is 2.21. The molecule has 138 valence electrons. The van der Waals surface area contributed by atoms with Crippen molar-refractivity contribution in [1.29, 1.82) is 0 Å². The van der Waals surface area contributed by atoms with Gasteiger partial charge >= 0.3 is 0 Å². The number of halogens is 1. The lowest BCUT2D eigenvalue weighted by molar-refractivity contribution is -0.122. The van der Waals surface area contributed by atoms with Crippen LogP contribution in [0.2, 0.25) is 5.02 Å². The van der Waals surface area contributed by atoms with Gasteiger partial charge in [0.15, 0.2) is 0 Å². The van der Waals surface area contributed by atoms with Crippen molar-refractivity contribution >= 4 is 23.2 Å². The van der Waals surface area contributed by atoms with Crippen LogP contribution in [0.25, 0.3) is 0 Å². The predicted molar refractivity (Wildman–Crippen MR) is 101 cm³/mol. The second kappa shape index (κ2) is 8.33. The van der Waals surface area contributed by atoms with Crippen LogP contribution in [-0.2, 0) is 18.4 Å². The number of aryl methyl sites for hydroxylation is 1. The summed E-state index contributed by atoms with van der Waals surface area (Å²) in [6.45, 7) is 3.74. The van der Waals surface area contributed by atoms with E-state index in [4.69, 9.17) is 11.6 Å². The molecule has 1 aromatic heterocycles. The zero-order valence-corrected chi connectivity index (χ0v) is 15.4. The van der Waals surface area contributed by atoms with E-state index in [9.17, 15) is 9.59 Å². The fourth-order valence-corrected chi connectivity index (χ4v) is 3.22. The Balaban J connectivity index is 1.49. The van der Waals surface area contributed by atoms with Gasteiger partial charge in [-0.1, -0.05) is 41.9 Å². The first-order valence-corrected chi connectivity index (χ1v) is 8.92. The smallest absolute Gasteiger partial charge is 0.287 e. The number of carbonyl (C=O) groups is 1. The molecule has 1 aliphatic rings. The molecule has 26 heavy (non-hydrogen) atoms. The zero-order chi connectivity index (χ0) is 18.5. The molecular weight excluding hydrogens is 354 g/mol. The molecule has 0 unspecified atom stereocenters. The van der Waals surface area contributed by atoms with Crippen molar-refractivity contribution in [2.24, 2.45) is 7.05 Å². The largest absolute Gasteiger partial charge is 0.366 e. The first-order valence-electron chi connectivity index (χ1n) is 8.54. The average Bonchev–Trinajstić information content (AvgIpc) is 2.66. The molecule has 0 radical (unpaired) electrons. The molecule has 1 aliphatic heterocycles. The van der Waals surface area contributed by atoms with Crippen LogP contribution in [-0.4, -0.2) is 53.3 Å². The number of carbonyl (C=O) groups excluding carboxylic acids is 1. The quantitative estimate of drug-likeness (QED) is 0.839. The van der Waals surface area contributed by atoms with E-state index in [0.29, 0.717) is 31.9 Å². The van der Waals surface area contributed by atoms with Crippen molar-refractivity contribution in [3.8, 4) is 0 Å². The Kier molecular flexibility index (Phi) is 5.90. The van der Waals surface area contributed by atoms with Gasteiger partial charge in [-0.2, -0.15) is 5.10 Å². The SMILES string of the molecule is Cn1ncc(N2CCN(CC(=O)NCc3ccccc3)CC2)c(Cl)c1=O. The molecule has 1 saturated heterocycles. The number of benzene rings is 1. The summed E-state index contributed by atoms with van der Waals surface area (Å²) in [5, 5.41) is 7.17. The second-order valence-corrected chi connectivity index (χ2v) is 6.68. The summed E-state index contributed by atoms with van der Waals surface area (Å²) in [7, 11) is 1.57. The minimum absolute atomic E-state index is 0.00980. The van der Waals surface area contributed by atoms with Crippen molar-refractivity contribution in [2.45, 2.75) is 6.54 Å². The lowest BCUT2D eigenvalue weighted by Crippen LogP contribution is -2.49. The highest BCUT2D eigenvalue weighted by Gasteiger charge is 2.22. The Labute approximate surface area is 157 Å². The summed E-state index contributed by atoms with van der Waals surface area (Å²) in [5.74, 6) is 0.00980. The first-order chi connectivity index (χ1) is 12.5. The van der Waals surface area contributed by atoms with Crippen LogP contribution in [0.4, 0.5) is 5.69 Å². The normalized spacial score (nSPS) is 15.1. The van der Waals surface area contributed by atoms with Gasteiger partial charge in [-0.3, -0.25) is 14.5 Å². The van der Waals surface area contributed by atoms with Crippen LogP contribution in [0.15, 0.2) is 41.3 Å². The maximum absolute atomic E-state index is 12.1. The fraction of sp³-hybridized carbons (Fsp3) is 0.389. The van der Waals surface area contributed by atoms with Gasteiger partial charge in [0, 0.05) is 39.8 Å². The average molecular weight is 376 g/mol. The number of hydrogen-bond donors (Lipinski definition) is 1. The van der Waals surface area contributed by atoms with E-state index in [1.54, 1.807) is 13.2 Å². The van der Waals surface area contributed by atoms with E-state index in [0.717, 1.165) is 18.7 Å². The molecule has 1 fully saturated rings. The van der Waals surface area contributed by atoms with Gasteiger partial charge in [-0.25, -0.2) is 4.68 Å². The van der Waals surface area contributed by atoms with Crippen molar-refractivity contribution < 1.29 is 4.79 Å². The molecule has 2 aromatic rings. The van der Waals surface area contributed by atoms with Crippen molar-refractivity contribution in [2.75, 3.05) is 37.6 Å². The number of hydrogen-bond acceptors (Lipinski definition) is 5. The summed E-state index contributed by atoms with van der Waals surface area (Å²) < 4.78 is 1.22. The number of amides is 1. The molecule has 1 N–H and O–H groups in total. The molecule has 3 rings (SSSR count). The van der Waals surface area contributed by atoms with Crippen LogP contribution < -0.4 is 15.8 Å². The number of aromatic nitrogens is 2. The molecule has 0 atom stereocenters. The van der Waals surface area contributed by atoms with Crippen LogP contribution >= 0.6 is 11.6 Å². The van der Waals surface area contributed by atoms with Gasteiger partial charge in [0.05, 0.1) is 18.4 Å². The molecular formula is C18H22ClN5O2. The molecule has 0 saturated carbocycles. The number of anilines is 1. The van der Waals surface area contributed by atoms with E-state index in [1.807, 2.05) is 35.2 Å². The third-order valence-corrected chi connectivity index (χ3v) is 4.83. The van der Waals surface area contributed by atoms with E-state index >= 15 is 0 Å².